The fraction of sp³-hybridized carbons (Fsp3) is 0.636. The van der Waals surface area contributed by atoms with E-state index in [1.165, 1.54) is 36.8 Å². The molecular weight excluding hydrogens is 352 g/mol. The van der Waals surface area contributed by atoms with Crippen molar-refractivity contribution in [1.82, 2.24) is 15.1 Å². The van der Waals surface area contributed by atoms with Crippen molar-refractivity contribution in [2.45, 2.75) is 50.6 Å². The Morgan fingerprint density at radius 2 is 1.64 bits per heavy atom. The molecule has 152 valence electrons. The number of carbonyl (C=O) groups is 2. The summed E-state index contributed by atoms with van der Waals surface area (Å²) in [4.78, 5) is 28.4. The van der Waals surface area contributed by atoms with Gasteiger partial charge in [-0.05, 0) is 69.3 Å². The number of carbonyl (C=O) groups excluding carboxylic acids is 2. The smallest absolute Gasteiger partial charge is 0.236 e. The zero-order valence-electron chi connectivity index (χ0n) is 16.6. The molecule has 3 N–H and O–H groups in total. The molecular formula is C22H32N4O2. The Hall–Kier alpha value is -1.92. The Labute approximate surface area is 167 Å². The highest BCUT2D eigenvalue weighted by Gasteiger charge is 2.34. The Kier molecular flexibility index (Phi) is 5.97. The molecule has 28 heavy (non-hydrogen) atoms. The summed E-state index contributed by atoms with van der Waals surface area (Å²) < 4.78 is 0. The van der Waals surface area contributed by atoms with Crippen molar-refractivity contribution >= 4 is 11.8 Å². The molecule has 2 aliphatic heterocycles. The first-order chi connectivity index (χ1) is 13.6. The van der Waals surface area contributed by atoms with Gasteiger partial charge in [-0.1, -0.05) is 24.3 Å². The first-order valence-electron chi connectivity index (χ1n) is 10.7. The summed E-state index contributed by atoms with van der Waals surface area (Å²) in [5.74, 6) is -0.525. The standard InChI is InChI=1S/C22H32N4O2/c23-21(27)14-24-22(28)18-6-3-9-26(15-18)19-7-10-25(11-8-19)20-12-16-4-1-2-5-17(16)13-20/h1-2,4-5,18-20H,3,6-15H2,(H2,23,27)(H,24,28)/t18-/m1/s1. The van der Waals surface area contributed by atoms with Gasteiger partial charge in [-0.25, -0.2) is 0 Å². The molecule has 4 rings (SSSR count). The number of likely N-dealkylation sites (tertiary alicyclic amines) is 2. The molecule has 0 aromatic heterocycles. The highest BCUT2D eigenvalue weighted by atomic mass is 16.2. The first kappa shape index (κ1) is 19.4. The lowest BCUT2D eigenvalue weighted by atomic mass is 9.92. The second-order valence-electron chi connectivity index (χ2n) is 8.62. The molecule has 1 aromatic carbocycles. The number of amides is 2. The summed E-state index contributed by atoms with van der Waals surface area (Å²) >= 11 is 0. The Morgan fingerprint density at radius 1 is 0.964 bits per heavy atom. The van der Waals surface area contributed by atoms with Gasteiger partial charge in [0.15, 0.2) is 0 Å². The Balaban J connectivity index is 1.26. The van der Waals surface area contributed by atoms with Crippen LogP contribution in [-0.4, -0.2) is 66.4 Å². The predicted octanol–water partition coefficient (Wildman–Crippen LogP) is 0.932. The molecule has 6 heteroatoms. The minimum Gasteiger partial charge on any atom is -0.368 e. The lowest BCUT2D eigenvalue weighted by Crippen LogP contribution is -2.52. The number of benzene rings is 1. The largest absolute Gasteiger partial charge is 0.368 e. The molecule has 2 saturated heterocycles. The van der Waals surface area contributed by atoms with Gasteiger partial charge >= 0.3 is 0 Å². The number of hydrogen-bond donors (Lipinski definition) is 2. The number of rotatable bonds is 5. The van der Waals surface area contributed by atoms with E-state index >= 15 is 0 Å². The van der Waals surface area contributed by atoms with Crippen molar-refractivity contribution in [2.75, 3.05) is 32.7 Å². The Morgan fingerprint density at radius 3 is 2.29 bits per heavy atom. The molecule has 1 atom stereocenters. The van der Waals surface area contributed by atoms with Gasteiger partial charge in [0.05, 0.1) is 12.5 Å². The number of nitrogens with zero attached hydrogens (tertiary/aromatic N) is 2. The third-order valence-electron chi connectivity index (χ3n) is 6.82. The number of hydrogen-bond acceptors (Lipinski definition) is 4. The predicted molar refractivity (Wildman–Crippen MR) is 109 cm³/mol. The fourth-order valence-corrected chi connectivity index (χ4v) is 5.28. The highest BCUT2D eigenvalue weighted by Crippen LogP contribution is 2.29. The van der Waals surface area contributed by atoms with Crippen LogP contribution in [-0.2, 0) is 22.4 Å². The van der Waals surface area contributed by atoms with E-state index in [-0.39, 0.29) is 18.4 Å². The Bertz CT molecular complexity index is 689. The van der Waals surface area contributed by atoms with E-state index in [9.17, 15) is 9.59 Å². The van der Waals surface area contributed by atoms with Gasteiger partial charge in [0.1, 0.15) is 0 Å². The topological polar surface area (TPSA) is 78.7 Å². The minimum absolute atomic E-state index is 0.0181. The van der Waals surface area contributed by atoms with Crippen molar-refractivity contribution in [3.8, 4) is 0 Å². The van der Waals surface area contributed by atoms with Crippen LogP contribution < -0.4 is 11.1 Å². The van der Waals surface area contributed by atoms with Crippen LogP contribution in [0.3, 0.4) is 0 Å². The van der Waals surface area contributed by atoms with Crippen LogP contribution in [0.15, 0.2) is 24.3 Å². The normalized spacial score (nSPS) is 24.8. The second kappa shape index (κ2) is 8.62. The zero-order chi connectivity index (χ0) is 19.5. The molecule has 2 fully saturated rings. The number of nitrogens with one attached hydrogen (secondary N) is 1. The molecule has 1 aromatic rings. The van der Waals surface area contributed by atoms with Crippen molar-refractivity contribution in [3.05, 3.63) is 35.4 Å². The summed E-state index contributed by atoms with van der Waals surface area (Å²) in [7, 11) is 0. The van der Waals surface area contributed by atoms with Crippen LogP contribution >= 0.6 is 0 Å². The van der Waals surface area contributed by atoms with E-state index in [0.29, 0.717) is 12.1 Å². The van der Waals surface area contributed by atoms with Crippen LogP contribution in [0.2, 0.25) is 0 Å². The second-order valence-corrected chi connectivity index (χ2v) is 8.62. The van der Waals surface area contributed by atoms with Crippen LogP contribution in [0.25, 0.3) is 0 Å². The average molecular weight is 385 g/mol. The van der Waals surface area contributed by atoms with Crippen molar-refractivity contribution in [3.63, 3.8) is 0 Å². The molecule has 3 aliphatic rings. The molecule has 0 spiro atoms. The molecule has 0 bridgehead atoms. The van der Waals surface area contributed by atoms with Crippen molar-refractivity contribution in [2.24, 2.45) is 11.7 Å². The maximum atomic E-state index is 12.3. The molecule has 2 heterocycles. The SMILES string of the molecule is NC(=O)CNC(=O)[C@@H]1CCCN(C2CCN(C3Cc4ccccc4C3)CC2)C1. The minimum atomic E-state index is -0.484. The maximum Gasteiger partial charge on any atom is 0.236 e. The number of piperidine rings is 2. The van der Waals surface area contributed by atoms with Gasteiger partial charge < -0.3 is 11.1 Å². The summed E-state index contributed by atoms with van der Waals surface area (Å²) in [6.07, 6.45) is 6.69. The van der Waals surface area contributed by atoms with E-state index in [4.69, 9.17) is 5.73 Å². The van der Waals surface area contributed by atoms with Gasteiger partial charge in [-0.2, -0.15) is 0 Å². The average Bonchev–Trinajstić information content (AvgIpc) is 3.16. The number of primary amides is 1. The van der Waals surface area contributed by atoms with Gasteiger partial charge in [0.2, 0.25) is 11.8 Å². The molecule has 0 saturated carbocycles. The maximum absolute atomic E-state index is 12.3. The summed E-state index contributed by atoms with van der Waals surface area (Å²) in [6, 6.07) is 10.1. The highest BCUT2D eigenvalue weighted by molar-refractivity contribution is 5.85. The molecule has 0 unspecified atom stereocenters. The van der Waals surface area contributed by atoms with E-state index in [1.54, 1.807) is 0 Å². The fourth-order valence-electron chi connectivity index (χ4n) is 5.28. The third kappa shape index (κ3) is 4.39. The lowest BCUT2D eigenvalue weighted by molar-refractivity contribution is -0.129. The van der Waals surface area contributed by atoms with Gasteiger partial charge in [-0.3, -0.25) is 19.4 Å². The molecule has 6 nitrogen and oxygen atoms in total. The van der Waals surface area contributed by atoms with Crippen LogP contribution in [0, 0.1) is 5.92 Å². The zero-order valence-corrected chi connectivity index (χ0v) is 16.6. The lowest BCUT2D eigenvalue weighted by Gasteiger charge is -2.43. The van der Waals surface area contributed by atoms with E-state index < -0.39 is 5.91 Å². The van der Waals surface area contributed by atoms with E-state index in [1.807, 2.05) is 0 Å². The monoisotopic (exact) mass is 384 g/mol. The molecule has 1 aliphatic carbocycles. The summed E-state index contributed by atoms with van der Waals surface area (Å²) in [5, 5.41) is 2.68. The van der Waals surface area contributed by atoms with Gasteiger partial charge in [0, 0.05) is 18.6 Å². The van der Waals surface area contributed by atoms with Crippen LogP contribution in [0.5, 0.6) is 0 Å². The van der Waals surface area contributed by atoms with Gasteiger partial charge in [-0.15, -0.1) is 0 Å². The van der Waals surface area contributed by atoms with E-state index in [2.05, 4.69) is 39.4 Å². The summed E-state index contributed by atoms with van der Waals surface area (Å²) in [6.45, 7) is 4.14. The van der Waals surface area contributed by atoms with Crippen molar-refractivity contribution < 1.29 is 9.59 Å². The van der Waals surface area contributed by atoms with Crippen molar-refractivity contribution in [1.29, 1.82) is 0 Å². The van der Waals surface area contributed by atoms with E-state index in [0.717, 1.165) is 39.0 Å². The summed E-state index contributed by atoms with van der Waals surface area (Å²) in [5.41, 5.74) is 8.19. The van der Waals surface area contributed by atoms with Gasteiger partial charge in [0.25, 0.3) is 0 Å². The quantitative estimate of drug-likeness (QED) is 0.792. The number of fused-ring (bicyclic) bond motifs is 1. The van der Waals surface area contributed by atoms with Crippen LogP contribution in [0.4, 0.5) is 0 Å². The third-order valence-corrected chi connectivity index (χ3v) is 6.82. The van der Waals surface area contributed by atoms with Crippen LogP contribution in [0.1, 0.15) is 36.8 Å². The molecule has 2 amide bonds. The number of nitrogens with two attached hydrogens (primary N) is 1. The first-order valence-corrected chi connectivity index (χ1v) is 10.7. The molecule has 0 radical (unpaired) electrons.